The number of carbonyl (C=O) groups excluding carboxylic acids is 1. The van der Waals surface area contributed by atoms with E-state index in [1.54, 1.807) is 24.7 Å². The maximum Gasteiger partial charge on any atom is 0.315 e. The fraction of sp³-hybridized carbons (Fsp3) is 0.158. The average molecular weight is 365 g/mol. The van der Waals surface area contributed by atoms with Crippen molar-refractivity contribution in [2.24, 2.45) is 0 Å². The number of nitrogens with one attached hydrogen (secondary N) is 2. The molecular formula is C19H19N5O3. The van der Waals surface area contributed by atoms with Crippen LogP contribution in [0, 0.1) is 10.1 Å². The summed E-state index contributed by atoms with van der Waals surface area (Å²) in [6, 6.07) is 13.8. The van der Waals surface area contributed by atoms with Gasteiger partial charge in [-0.15, -0.1) is 0 Å². The van der Waals surface area contributed by atoms with Crippen molar-refractivity contribution >= 4 is 11.7 Å². The first-order chi connectivity index (χ1) is 13.1. The van der Waals surface area contributed by atoms with Gasteiger partial charge in [0, 0.05) is 44.2 Å². The highest BCUT2D eigenvalue weighted by Gasteiger charge is 2.07. The Morgan fingerprint density at radius 2 is 1.74 bits per heavy atom. The second-order valence-electron chi connectivity index (χ2n) is 6.01. The van der Waals surface area contributed by atoms with Gasteiger partial charge >= 0.3 is 6.03 Å². The summed E-state index contributed by atoms with van der Waals surface area (Å²) in [5, 5.41) is 16.2. The number of carbonyl (C=O) groups is 1. The number of urea groups is 1. The topological polar surface area (TPSA) is 102 Å². The molecule has 1 aromatic heterocycles. The van der Waals surface area contributed by atoms with Crippen molar-refractivity contribution < 1.29 is 9.72 Å². The van der Waals surface area contributed by atoms with E-state index in [2.05, 4.69) is 15.6 Å². The summed E-state index contributed by atoms with van der Waals surface area (Å²) in [7, 11) is 0. The van der Waals surface area contributed by atoms with E-state index >= 15 is 0 Å². The highest BCUT2D eigenvalue weighted by atomic mass is 16.6. The Morgan fingerprint density at radius 1 is 1.04 bits per heavy atom. The van der Waals surface area contributed by atoms with E-state index < -0.39 is 4.92 Å². The quantitative estimate of drug-likeness (QED) is 0.496. The molecule has 0 aliphatic rings. The van der Waals surface area contributed by atoms with Gasteiger partial charge in [0.15, 0.2) is 0 Å². The largest absolute Gasteiger partial charge is 0.334 e. The monoisotopic (exact) mass is 365 g/mol. The Bertz CT molecular complexity index is 907. The lowest BCUT2D eigenvalue weighted by atomic mass is 10.1. The molecule has 0 aliphatic heterocycles. The first kappa shape index (κ1) is 18.1. The molecule has 0 aliphatic carbocycles. The number of nitro groups is 1. The smallest absolute Gasteiger partial charge is 0.315 e. The minimum absolute atomic E-state index is 0.00508. The van der Waals surface area contributed by atoms with E-state index in [-0.39, 0.29) is 18.3 Å². The van der Waals surface area contributed by atoms with Crippen LogP contribution in [0.4, 0.5) is 10.5 Å². The summed E-state index contributed by atoms with van der Waals surface area (Å²) in [6.45, 7) is 1.36. The molecule has 0 atom stereocenters. The van der Waals surface area contributed by atoms with Crippen LogP contribution in [-0.4, -0.2) is 20.5 Å². The van der Waals surface area contributed by atoms with E-state index in [4.69, 9.17) is 0 Å². The predicted molar refractivity (Wildman–Crippen MR) is 99.9 cm³/mol. The van der Waals surface area contributed by atoms with Crippen molar-refractivity contribution in [1.82, 2.24) is 20.2 Å². The standard InChI is InChI=1S/C19H19N5O3/c25-19(22-12-17-2-1-3-18(10-17)24(26)27)21-11-15-4-6-16(7-5-15)13-23-9-8-20-14-23/h1-10,14H,11-13H2,(H2,21,22,25). The summed E-state index contributed by atoms with van der Waals surface area (Å²) in [5.41, 5.74) is 2.80. The molecule has 0 bridgehead atoms. The van der Waals surface area contributed by atoms with Crippen molar-refractivity contribution in [3.8, 4) is 0 Å². The molecule has 0 unspecified atom stereocenters. The molecular weight excluding hydrogens is 346 g/mol. The van der Waals surface area contributed by atoms with Crippen LogP contribution in [0.1, 0.15) is 16.7 Å². The summed E-state index contributed by atoms with van der Waals surface area (Å²) >= 11 is 0. The van der Waals surface area contributed by atoms with Gasteiger partial charge in [0.1, 0.15) is 0 Å². The molecule has 0 spiro atoms. The zero-order chi connectivity index (χ0) is 19.1. The molecule has 138 valence electrons. The maximum atomic E-state index is 11.9. The molecule has 2 N–H and O–H groups in total. The molecule has 2 aromatic carbocycles. The van der Waals surface area contributed by atoms with E-state index in [9.17, 15) is 14.9 Å². The van der Waals surface area contributed by atoms with Gasteiger partial charge in [0.25, 0.3) is 5.69 Å². The first-order valence-corrected chi connectivity index (χ1v) is 8.39. The zero-order valence-electron chi connectivity index (χ0n) is 14.5. The van der Waals surface area contributed by atoms with Crippen LogP contribution < -0.4 is 10.6 Å². The fourth-order valence-corrected chi connectivity index (χ4v) is 2.56. The third-order valence-electron chi connectivity index (χ3n) is 3.97. The van der Waals surface area contributed by atoms with E-state index in [0.29, 0.717) is 12.1 Å². The van der Waals surface area contributed by atoms with Gasteiger partial charge < -0.3 is 15.2 Å². The number of nitro benzene ring substituents is 1. The van der Waals surface area contributed by atoms with Gasteiger partial charge in [-0.2, -0.15) is 0 Å². The van der Waals surface area contributed by atoms with Crippen LogP contribution in [0.2, 0.25) is 0 Å². The zero-order valence-corrected chi connectivity index (χ0v) is 14.5. The van der Waals surface area contributed by atoms with Crippen LogP contribution in [0.5, 0.6) is 0 Å². The lowest BCUT2D eigenvalue weighted by Gasteiger charge is -2.09. The Hall–Kier alpha value is -3.68. The van der Waals surface area contributed by atoms with Gasteiger partial charge in [-0.1, -0.05) is 36.4 Å². The molecule has 0 saturated heterocycles. The molecule has 2 amide bonds. The minimum Gasteiger partial charge on any atom is -0.334 e. The van der Waals surface area contributed by atoms with Gasteiger partial charge in [-0.05, 0) is 16.7 Å². The number of benzene rings is 2. The summed E-state index contributed by atoms with van der Waals surface area (Å²) in [4.78, 5) is 26.2. The molecule has 1 heterocycles. The van der Waals surface area contributed by atoms with Gasteiger partial charge in [-0.25, -0.2) is 9.78 Å². The van der Waals surface area contributed by atoms with Crippen molar-refractivity contribution in [3.63, 3.8) is 0 Å². The summed E-state index contributed by atoms with van der Waals surface area (Å²) in [6.07, 6.45) is 5.41. The lowest BCUT2D eigenvalue weighted by molar-refractivity contribution is -0.384. The van der Waals surface area contributed by atoms with Crippen LogP contribution in [0.25, 0.3) is 0 Å². The molecule has 8 nitrogen and oxygen atoms in total. The molecule has 8 heteroatoms. The summed E-state index contributed by atoms with van der Waals surface area (Å²) < 4.78 is 1.98. The van der Waals surface area contributed by atoms with Crippen molar-refractivity contribution in [2.75, 3.05) is 0 Å². The molecule has 3 aromatic rings. The number of nitrogens with zero attached hydrogens (tertiary/aromatic N) is 3. The van der Waals surface area contributed by atoms with Crippen LogP contribution in [-0.2, 0) is 19.6 Å². The fourth-order valence-electron chi connectivity index (χ4n) is 2.56. The van der Waals surface area contributed by atoms with E-state index in [1.165, 1.54) is 12.1 Å². The number of imidazole rings is 1. The van der Waals surface area contributed by atoms with Crippen LogP contribution in [0.3, 0.4) is 0 Å². The first-order valence-electron chi connectivity index (χ1n) is 8.39. The maximum absolute atomic E-state index is 11.9. The molecule has 0 radical (unpaired) electrons. The number of hydrogen-bond acceptors (Lipinski definition) is 4. The second kappa shape index (κ2) is 8.61. The number of rotatable bonds is 7. The Morgan fingerprint density at radius 3 is 2.41 bits per heavy atom. The average Bonchev–Trinajstić information content (AvgIpc) is 3.19. The van der Waals surface area contributed by atoms with E-state index in [1.807, 2.05) is 35.0 Å². The van der Waals surface area contributed by atoms with Crippen molar-refractivity contribution in [2.45, 2.75) is 19.6 Å². The Kier molecular flexibility index (Phi) is 5.78. The molecule has 27 heavy (non-hydrogen) atoms. The third-order valence-corrected chi connectivity index (χ3v) is 3.97. The lowest BCUT2D eigenvalue weighted by Crippen LogP contribution is -2.34. The number of non-ortho nitro benzene ring substituents is 1. The Balaban J connectivity index is 1.45. The highest BCUT2D eigenvalue weighted by molar-refractivity contribution is 5.73. The molecule has 3 rings (SSSR count). The number of hydrogen-bond donors (Lipinski definition) is 2. The third kappa shape index (κ3) is 5.40. The van der Waals surface area contributed by atoms with Crippen molar-refractivity contribution in [1.29, 1.82) is 0 Å². The summed E-state index contributed by atoms with van der Waals surface area (Å²) in [5.74, 6) is 0. The molecule has 0 saturated carbocycles. The Labute approximate surface area is 156 Å². The van der Waals surface area contributed by atoms with Crippen LogP contribution >= 0.6 is 0 Å². The molecule has 0 fully saturated rings. The van der Waals surface area contributed by atoms with Gasteiger partial charge in [-0.3, -0.25) is 10.1 Å². The van der Waals surface area contributed by atoms with Crippen molar-refractivity contribution in [3.05, 3.63) is 94.1 Å². The van der Waals surface area contributed by atoms with E-state index in [0.717, 1.165) is 17.7 Å². The van der Waals surface area contributed by atoms with Crippen LogP contribution in [0.15, 0.2) is 67.3 Å². The SMILES string of the molecule is O=C(NCc1ccc(Cn2ccnc2)cc1)NCc1cccc([N+](=O)[O-])c1. The number of aromatic nitrogens is 2. The normalized spacial score (nSPS) is 10.4. The number of amides is 2. The van der Waals surface area contributed by atoms with Gasteiger partial charge in [0.2, 0.25) is 0 Å². The second-order valence-corrected chi connectivity index (χ2v) is 6.01. The minimum atomic E-state index is -0.458. The highest BCUT2D eigenvalue weighted by Crippen LogP contribution is 2.12. The van der Waals surface area contributed by atoms with Gasteiger partial charge in [0.05, 0.1) is 11.3 Å². The predicted octanol–water partition coefficient (Wildman–Crippen LogP) is 2.84.